The van der Waals surface area contributed by atoms with E-state index in [4.69, 9.17) is 16.7 Å². The van der Waals surface area contributed by atoms with Crippen LogP contribution in [0.2, 0.25) is 5.02 Å². The van der Waals surface area contributed by atoms with Crippen LogP contribution in [0.1, 0.15) is 40.1 Å². The number of benzene rings is 1. The molecule has 0 spiro atoms. The minimum absolute atomic E-state index is 0.288. The maximum Gasteiger partial charge on any atom is 0.394 e. The van der Waals surface area contributed by atoms with Gasteiger partial charge in [0, 0.05) is 15.6 Å². The zero-order valence-electron chi connectivity index (χ0n) is 13.8. The molecule has 1 aliphatic carbocycles. The van der Waals surface area contributed by atoms with Gasteiger partial charge in [-0.15, -0.1) is 11.3 Å². The van der Waals surface area contributed by atoms with Gasteiger partial charge in [0.05, 0.1) is 5.56 Å². The first-order valence-corrected chi connectivity index (χ1v) is 9.41. The SMILES string of the molecule is O=C(O)C(=O)Nc1sc2c(c1C(=O)Nc1ccc(Cl)cc1)CCCCC2. The first-order chi connectivity index (χ1) is 12.5. The zero-order valence-corrected chi connectivity index (χ0v) is 15.4. The summed E-state index contributed by atoms with van der Waals surface area (Å²) in [4.78, 5) is 36.4. The van der Waals surface area contributed by atoms with Gasteiger partial charge in [-0.05, 0) is 55.5 Å². The van der Waals surface area contributed by atoms with Crippen molar-refractivity contribution in [1.29, 1.82) is 0 Å². The Morgan fingerprint density at radius 2 is 1.69 bits per heavy atom. The summed E-state index contributed by atoms with van der Waals surface area (Å²) in [6.07, 6.45) is 4.61. The maximum absolute atomic E-state index is 12.9. The van der Waals surface area contributed by atoms with Crippen LogP contribution in [0.15, 0.2) is 24.3 Å². The van der Waals surface area contributed by atoms with E-state index >= 15 is 0 Å². The number of halogens is 1. The average Bonchev–Trinajstić information content (AvgIpc) is 2.78. The molecule has 3 N–H and O–H groups in total. The van der Waals surface area contributed by atoms with Crippen LogP contribution in [0.25, 0.3) is 0 Å². The van der Waals surface area contributed by atoms with Crippen molar-refractivity contribution in [2.24, 2.45) is 0 Å². The Kier molecular flexibility index (Phi) is 5.58. The monoisotopic (exact) mass is 392 g/mol. The van der Waals surface area contributed by atoms with Crippen LogP contribution in [-0.2, 0) is 22.4 Å². The number of anilines is 2. The smallest absolute Gasteiger partial charge is 0.394 e. The van der Waals surface area contributed by atoms with Crippen LogP contribution in [0.3, 0.4) is 0 Å². The predicted octanol–water partition coefficient (Wildman–Crippen LogP) is 3.95. The highest BCUT2D eigenvalue weighted by Gasteiger charge is 2.27. The van der Waals surface area contributed by atoms with E-state index in [2.05, 4.69) is 10.6 Å². The maximum atomic E-state index is 12.9. The number of aliphatic carboxylic acids is 1. The second-order valence-corrected chi connectivity index (χ2v) is 7.53. The summed E-state index contributed by atoms with van der Waals surface area (Å²) in [6.45, 7) is 0. The van der Waals surface area contributed by atoms with Gasteiger partial charge in [0.2, 0.25) is 0 Å². The van der Waals surface area contributed by atoms with Crippen molar-refractivity contribution in [2.75, 3.05) is 10.6 Å². The molecular weight excluding hydrogens is 376 g/mol. The van der Waals surface area contributed by atoms with E-state index in [0.29, 0.717) is 16.3 Å². The highest BCUT2D eigenvalue weighted by molar-refractivity contribution is 7.17. The average molecular weight is 393 g/mol. The summed E-state index contributed by atoms with van der Waals surface area (Å²) in [5.41, 5.74) is 1.83. The largest absolute Gasteiger partial charge is 0.474 e. The summed E-state index contributed by atoms with van der Waals surface area (Å²) in [5.74, 6) is -3.10. The highest BCUT2D eigenvalue weighted by Crippen LogP contribution is 2.38. The van der Waals surface area contributed by atoms with Gasteiger partial charge in [-0.3, -0.25) is 9.59 Å². The number of carbonyl (C=O) groups excluding carboxylic acids is 2. The number of thiophene rings is 1. The lowest BCUT2D eigenvalue weighted by Crippen LogP contribution is -2.23. The summed E-state index contributed by atoms with van der Waals surface area (Å²) >= 11 is 7.14. The fourth-order valence-corrected chi connectivity index (χ4v) is 4.36. The van der Waals surface area contributed by atoms with Gasteiger partial charge < -0.3 is 15.7 Å². The molecule has 26 heavy (non-hydrogen) atoms. The van der Waals surface area contributed by atoms with E-state index in [0.717, 1.165) is 42.5 Å². The predicted molar refractivity (Wildman–Crippen MR) is 101 cm³/mol. The van der Waals surface area contributed by atoms with E-state index < -0.39 is 11.9 Å². The van der Waals surface area contributed by atoms with Crippen molar-refractivity contribution < 1.29 is 19.5 Å². The number of carbonyl (C=O) groups is 3. The molecule has 1 aromatic carbocycles. The number of aryl methyl sites for hydroxylation is 1. The second-order valence-electron chi connectivity index (χ2n) is 5.99. The number of carboxylic acids is 1. The molecule has 0 saturated heterocycles. The number of hydrogen-bond donors (Lipinski definition) is 3. The van der Waals surface area contributed by atoms with Crippen LogP contribution < -0.4 is 10.6 Å². The van der Waals surface area contributed by atoms with E-state index in [1.165, 1.54) is 11.3 Å². The number of carboxylic acid groups (broad SMARTS) is 1. The highest BCUT2D eigenvalue weighted by atomic mass is 35.5. The Morgan fingerprint density at radius 1 is 1.00 bits per heavy atom. The van der Waals surface area contributed by atoms with Gasteiger partial charge in [0.25, 0.3) is 5.91 Å². The van der Waals surface area contributed by atoms with Gasteiger partial charge in [-0.1, -0.05) is 18.0 Å². The number of fused-ring (bicyclic) bond motifs is 1. The molecule has 0 saturated carbocycles. The topological polar surface area (TPSA) is 95.5 Å². The van der Waals surface area contributed by atoms with E-state index in [-0.39, 0.29) is 10.9 Å². The van der Waals surface area contributed by atoms with Crippen LogP contribution >= 0.6 is 22.9 Å². The zero-order chi connectivity index (χ0) is 18.7. The first kappa shape index (κ1) is 18.4. The minimum Gasteiger partial charge on any atom is -0.474 e. The van der Waals surface area contributed by atoms with Gasteiger partial charge in [0.1, 0.15) is 5.00 Å². The van der Waals surface area contributed by atoms with Crippen LogP contribution in [-0.4, -0.2) is 22.9 Å². The fraction of sp³-hybridized carbons (Fsp3) is 0.278. The molecule has 1 heterocycles. The summed E-state index contributed by atoms with van der Waals surface area (Å²) in [5, 5.41) is 14.9. The molecular formula is C18H17ClN2O4S. The fourth-order valence-electron chi connectivity index (χ4n) is 2.95. The molecule has 0 unspecified atom stereocenters. The number of amides is 2. The standard InChI is InChI=1S/C18H17ClN2O4S/c19-10-6-8-11(9-7-10)20-15(22)14-12-4-2-1-3-5-13(12)26-17(14)21-16(23)18(24)25/h6-9H,1-5H2,(H,20,22)(H,21,23)(H,24,25). The molecule has 2 amide bonds. The third-order valence-electron chi connectivity index (χ3n) is 4.17. The molecule has 6 nitrogen and oxygen atoms in total. The lowest BCUT2D eigenvalue weighted by atomic mass is 10.0. The second kappa shape index (κ2) is 7.88. The molecule has 0 fully saturated rings. The van der Waals surface area contributed by atoms with E-state index in [9.17, 15) is 14.4 Å². The third-order valence-corrected chi connectivity index (χ3v) is 5.63. The number of rotatable bonds is 3. The van der Waals surface area contributed by atoms with Crippen LogP contribution in [0.5, 0.6) is 0 Å². The van der Waals surface area contributed by atoms with Gasteiger partial charge in [-0.2, -0.15) is 0 Å². The van der Waals surface area contributed by atoms with Crippen molar-refractivity contribution >= 4 is 51.4 Å². The lowest BCUT2D eigenvalue weighted by molar-refractivity contribution is -0.147. The Bertz CT molecular complexity index is 861. The summed E-state index contributed by atoms with van der Waals surface area (Å²) in [7, 11) is 0. The number of nitrogens with one attached hydrogen (secondary N) is 2. The third kappa shape index (κ3) is 4.05. The van der Waals surface area contributed by atoms with Crippen LogP contribution in [0, 0.1) is 0 Å². The van der Waals surface area contributed by atoms with Crippen LogP contribution in [0.4, 0.5) is 10.7 Å². The molecule has 1 aromatic heterocycles. The molecule has 3 rings (SSSR count). The summed E-state index contributed by atoms with van der Waals surface area (Å²) in [6, 6.07) is 6.69. The Morgan fingerprint density at radius 3 is 2.38 bits per heavy atom. The molecule has 0 radical (unpaired) electrons. The Balaban J connectivity index is 1.95. The van der Waals surface area contributed by atoms with Gasteiger partial charge in [-0.25, -0.2) is 4.79 Å². The minimum atomic E-state index is -1.59. The van der Waals surface area contributed by atoms with E-state index in [1.54, 1.807) is 24.3 Å². The summed E-state index contributed by atoms with van der Waals surface area (Å²) < 4.78 is 0. The van der Waals surface area contributed by atoms with Gasteiger partial charge in [0.15, 0.2) is 0 Å². The Hall–Kier alpha value is -2.38. The van der Waals surface area contributed by atoms with Crippen molar-refractivity contribution in [3.63, 3.8) is 0 Å². The lowest BCUT2D eigenvalue weighted by Gasteiger charge is -2.09. The van der Waals surface area contributed by atoms with Gasteiger partial charge >= 0.3 is 11.9 Å². The molecule has 0 atom stereocenters. The molecule has 2 aromatic rings. The normalized spacial score (nSPS) is 13.4. The van der Waals surface area contributed by atoms with Crippen molar-refractivity contribution in [1.82, 2.24) is 0 Å². The number of hydrogen-bond acceptors (Lipinski definition) is 4. The molecule has 1 aliphatic rings. The first-order valence-electron chi connectivity index (χ1n) is 8.21. The van der Waals surface area contributed by atoms with Crippen molar-refractivity contribution in [3.05, 3.63) is 45.3 Å². The van der Waals surface area contributed by atoms with E-state index in [1.807, 2.05) is 0 Å². The van der Waals surface area contributed by atoms with Crippen molar-refractivity contribution in [2.45, 2.75) is 32.1 Å². The molecule has 8 heteroatoms. The quantitative estimate of drug-likeness (QED) is 0.544. The molecule has 0 bridgehead atoms. The molecule has 136 valence electrons. The Labute approximate surface area is 159 Å². The molecule has 0 aliphatic heterocycles. The van der Waals surface area contributed by atoms with Crippen molar-refractivity contribution in [3.8, 4) is 0 Å².